The zero-order valence-corrected chi connectivity index (χ0v) is 51.6. The number of Topliss-reactive ketones (excluding diaryl/α,β-unsaturated/α-hetero) is 4. The summed E-state index contributed by atoms with van der Waals surface area (Å²) in [7, 11) is 1.57. The lowest BCUT2D eigenvalue weighted by molar-refractivity contribution is -0.384. The number of methoxy groups -OCH3 is 1. The summed E-state index contributed by atoms with van der Waals surface area (Å²) < 4.78 is 45.3. The van der Waals surface area contributed by atoms with Crippen LogP contribution in [0.3, 0.4) is 0 Å². The van der Waals surface area contributed by atoms with E-state index in [9.17, 15) is 68.9 Å². The van der Waals surface area contributed by atoms with Gasteiger partial charge in [0, 0.05) is 89.2 Å². The molecule has 4 aromatic carbocycles. The average molecular weight is 1250 g/mol. The molecule has 4 aliphatic heterocycles. The average Bonchev–Trinajstić information content (AvgIpc) is 0.842. The molecular formula is C66H75NO23. The van der Waals surface area contributed by atoms with E-state index in [2.05, 4.69) is 0 Å². The topological polar surface area (TPSA) is 344 Å². The van der Waals surface area contributed by atoms with E-state index in [1.807, 2.05) is 73.7 Å². The van der Waals surface area contributed by atoms with Crippen LogP contribution in [0, 0.1) is 17.0 Å². The predicted octanol–water partition coefficient (Wildman–Crippen LogP) is 7.89. The van der Waals surface area contributed by atoms with E-state index in [4.69, 9.17) is 42.6 Å². The number of nitro benzene ring substituents is 1. The molecule has 4 N–H and O–H groups in total. The Balaban J connectivity index is 0.000000218. The Labute approximate surface area is 519 Å². The minimum Gasteiger partial charge on any atom is -0.497 e. The fraction of sp³-hybridized carbons (Fsp3) is 0.394. The number of hydrogen-bond donors (Lipinski definition) is 4. The Bertz CT molecular complexity index is 3370. The number of aliphatic hydroxyl groups is 4. The number of esters is 4. The van der Waals surface area contributed by atoms with Gasteiger partial charge in [0.1, 0.15) is 5.75 Å². The summed E-state index contributed by atoms with van der Waals surface area (Å²) in [6.45, 7) is 14.1. The number of ketones is 4. The third kappa shape index (κ3) is 18.8. The first-order valence-corrected chi connectivity index (χ1v) is 28.7. The second-order valence-electron chi connectivity index (χ2n) is 21.0. The van der Waals surface area contributed by atoms with Crippen molar-refractivity contribution >= 4 is 52.7 Å². The highest BCUT2D eigenvalue weighted by molar-refractivity contribution is 5.94. The van der Waals surface area contributed by atoms with Gasteiger partial charge in [-0.1, -0.05) is 84.4 Å². The molecular weight excluding hydrogens is 1170 g/mol. The van der Waals surface area contributed by atoms with Crippen molar-refractivity contribution in [3.63, 3.8) is 0 Å². The van der Waals surface area contributed by atoms with Gasteiger partial charge >= 0.3 is 47.0 Å². The van der Waals surface area contributed by atoms with Gasteiger partial charge in [-0.05, 0) is 93.3 Å². The van der Waals surface area contributed by atoms with E-state index in [0.717, 1.165) is 22.3 Å². The number of allylic oxidation sites excluding steroid dienone is 8. The van der Waals surface area contributed by atoms with Crippen molar-refractivity contribution < 1.29 is 106 Å². The molecule has 8 atom stereocenters. The van der Waals surface area contributed by atoms with Crippen LogP contribution in [0.1, 0.15) is 133 Å². The first-order chi connectivity index (χ1) is 42.5. The Morgan fingerprint density at radius 1 is 0.444 bits per heavy atom. The summed E-state index contributed by atoms with van der Waals surface area (Å²) in [5, 5.41) is 52.6. The van der Waals surface area contributed by atoms with Crippen LogP contribution >= 0.6 is 0 Å². The highest BCUT2D eigenvalue weighted by atomic mass is 16.7. The lowest BCUT2D eigenvalue weighted by Crippen LogP contribution is -2.46. The molecule has 0 bridgehead atoms. The SMILES string of the molecule is CCOC(=O)C1(O)CC(c2ccc(C)cc2)C=C(C(C)=O)O1.CCOC(=O)C1(O)CC(c2ccc(OC)cc2)C=C(C(C)=O)O1.CCOC(=O)C1(O)CC(c2ccc([N+](=O)[O-])cc2)C=C(C(C)=O)O1.CCOC(=O)C1(O)CC(c2ccccc2)C=C(C(C)=O)O1. The van der Waals surface area contributed by atoms with Crippen molar-refractivity contribution in [3.05, 3.63) is 188 Å². The molecule has 0 saturated heterocycles. The standard InChI is InChI=1S/C17H20O6.C17H20O5.C16H17NO7.C16H18O5/c1-4-22-16(19)17(20)10-13(9-15(23-17)11(2)18)12-5-7-14(21-3)8-6-12;1-4-21-16(19)17(20)10-14(9-15(22-17)12(3)18)13-7-5-11(2)6-8-13;1-3-23-15(19)16(20)9-12(8-14(24-16)10(2)18)11-4-6-13(7-5-11)17(21)22;1-3-20-15(18)16(19)10-13(9-14(21-16)11(2)17)12-7-5-4-6-8-12/h5-9,13,20H,4,10H2,1-3H3;5-9,14,20H,4,10H2,1-3H3;4-8,12,20H,3,9H2,1-2H3;4-9,13,19H,3,10H2,1-2H3. The van der Waals surface area contributed by atoms with E-state index >= 15 is 0 Å². The Morgan fingerprint density at radius 3 is 0.944 bits per heavy atom. The molecule has 0 saturated carbocycles. The smallest absolute Gasteiger partial charge is 0.379 e. The summed E-state index contributed by atoms with van der Waals surface area (Å²) >= 11 is 0. The fourth-order valence-corrected chi connectivity index (χ4v) is 9.49. The highest BCUT2D eigenvalue weighted by Gasteiger charge is 2.50. The molecule has 482 valence electrons. The van der Waals surface area contributed by atoms with Gasteiger partial charge in [0.15, 0.2) is 46.2 Å². The van der Waals surface area contributed by atoms with Crippen LogP contribution in [-0.2, 0) is 76.3 Å². The third-order valence-corrected chi connectivity index (χ3v) is 14.1. The molecule has 0 radical (unpaired) electrons. The third-order valence-electron chi connectivity index (χ3n) is 14.1. The van der Waals surface area contributed by atoms with Gasteiger partial charge < -0.3 is 63.1 Å². The number of nitrogens with zero attached hydrogens (tertiary/aromatic N) is 1. The monoisotopic (exact) mass is 1250 g/mol. The number of nitro groups is 1. The number of carbonyl (C=O) groups is 8. The van der Waals surface area contributed by atoms with E-state index < -0.39 is 63.7 Å². The van der Waals surface area contributed by atoms with Crippen LogP contribution in [0.15, 0.2) is 150 Å². The summed E-state index contributed by atoms with van der Waals surface area (Å²) in [6, 6.07) is 29.8. The van der Waals surface area contributed by atoms with Crippen LogP contribution in [0.4, 0.5) is 5.69 Å². The molecule has 4 heterocycles. The van der Waals surface area contributed by atoms with Crippen molar-refractivity contribution in [1.29, 1.82) is 0 Å². The van der Waals surface area contributed by atoms with Crippen LogP contribution in [0.2, 0.25) is 0 Å². The predicted molar refractivity (Wildman–Crippen MR) is 319 cm³/mol. The normalized spacial score (nSPS) is 23.8. The van der Waals surface area contributed by atoms with Gasteiger partial charge in [0.2, 0.25) is 0 Å². The Hall–Kier alpha value is -9.36. The molecule has 8 rings (SSSR count). The number of ether oxygens (including phenoxy) is 9. The maximum atomic E-state index is 12.0. The summed E-state index contributed by atoms with van der Waals surface area (Å²) in [6.07, 6.45) is 6.18. The van der Waals surface area contributed by atoms with Crippen LogP contribution in [-0.4, -0.2) is 129 Å². The molecule has 0 amide bonds. The van der Waals surface area contributed by atoms with E-state index in [-0.39, 0.29) is 116 Å². The molecule has 4 aromatic rings. The Morgan fingerprint density at radius 2 is 0.700 bits per heavy atom. The summed E-state index contributed by atoms with van der Waals surface area (Å²) in [5.74, 6) is -14.9. The van der Waals surface area contributed by atoms with Gasteiger partial charge in [0.25, 0.3) is 5.69 Å². The number of carbonyl (C=O) groups excluding carboxylic acids is 8. The fourth-order valence-electron chi connectivity index (χ4n) is 9.49. The second kappa shape index (κ2) is 31.7. The van der Waals surface area contributed by atoms with E-state index in [0.29, 0.717) is 11.3 Å². The first-order valence-electron chi connectivity index (χ1n) is 28.7. The van der Waals surface area contributed by atoms with Crippen molar-refractivity contribution in [2.24, 2.45) is 0 Å². The molecule has 24 heteroatoms. The zero-order chi connectivity index (χ0) is 66.7. The lowest BCUT2D eigenvalue weighted by Gasteiger charge is -2.34. The summed E-state index contributed by atoms with van der Waals surface area (Å²) in [5.41, 5.74) is 4.24. The molecule has 0 aromatic heterocycles. The number of non-ortho nitro benzene ring substituents is 1. The molecule has 90 heavy (non-hydrogen) atoms. The number of rotatable bonds is 18. The van der Waals surface area contributed by atoms with Crippen LogP contribution in [0.5, 0.6) is 5.75 Å². The molecule has 0 aliphatic carbocycles. The van der Waals surface area contributed by atoms with Crippen molar-refractivity contribution in [3.8, 4) is 5.75 Å². The van der Waals surface area contributed by atoms with Gasteiger partial charge in [-0.2, -0.15) is 0 Å². The van der Waals surface area contributed by atoms with Gasteiger partial charge in [0.05, 0.1) is 38.5 Å². The van der Waals surface area contributed by atoms with Crippen molar-refractivity contribution in [2.75, 3.05) is 33.5 Å². The van der Waals surface area contributed by atoms with Gasteiger partial charge in [-0.15, -0.1) is 0 Å². The maximum Gasteiger partial charge on any atom is 0.379 e. The van der Waals surface area contributed by atoms with Gasteiger partial charge in [-0.25, -0.2) is 19.2 Å². The highest BCUT2D eigenvalue weighted by Crippen LogP contribution is 2.41. The van der Waals surface area contributed by atoms with Crippen molar-refractivity contribution in [2.45, 2.75) is 135 Å². The minimum absolute atomic E-state index is 0.00563. The second-order valence-corrected chi connectivity index (χ2v) is 21.0. The van der Waals surface area contributed by atoms with E-state index in [1.54, 1.807) is 65.2 Å². The molecule has 8 unspecified atom stereocenters. The largest absolute Gasteiger partial charge is 0.497 e. The maximum absolute atomic E-state index is 12.0. The van der Waals surface area contributed by atoms with Gasteiger partial charge in [-0.3, -0.25) is 29.3 Å². The quantitative estimate of drug-likeness (QED) is 0.0318. The minimum atomic E-state index is -2.28. The molecule has 24 nitrogen and oxygen atoms in total. The first kappa shape index (κ1) is 71.4. The van der Waals surface area contributed by atoms with Crippen LogP contribution in [0.25, 0.3) is 0 Å². The van der Waals surface area contributed by atoms with Crippen molar-refractivity contribution in [1.82, 2.24) is 0 Å². The molecule has 0 spiro atoms. The van der Waals surface area contributed by atoms with Crippen LogP contribution < -0.4 is 4.74 Å². The molecule has 4 aliphatic rings. The zero-order valence-electron chi connectivity index (χ0n) is 51.6. The molecule has 0 fully saturated rings. The lowest BCUT2D eigenvalue weighted by atomic mass is 9.88. The number of aryl methyl sites for hydroxylation is 1. The Kier molecular flexibility index (Phi) is 25.1. The number of hydrogen-bond acceptors (Lipinski definition) is 23. The summed E-state index contributed by atoms with van der Waals surface area (Å²) in [4.78, 5) is 105. The van der Waals surface area contributed by atoms with E-state index in [1.165, 1.54) is 58.0 Å². The number of benzene rings is 4.